The van der Waals surface area contributed by atoms with Crippen LogP contribution in [-0.4, -0.2) is 84.9 Å². The molecule has 3 aliphatic rings. The van der Waals surface area contributed by atoms with E-state index in [9.17, 15) is 14.4 Å². The number of ether oxygens (including phenoxy) is 1. The number of likely N-dealkylation sites (N-methyl/N-ethyl adjacent to an activating group) is 1. The molecule has 1 fully saturated rings. The molecule has 11 heteroatoms. The van der Waals surface area contributed by atoms with Crippen LogP contribution in [0.2, 0.25) is 5.02 Å². The van der Waals surface area contributed by atoms with Gasteiger partial charge in [0.15, 0.2) is 0 Å². The topological polar surface area (TPSA) is 107 Å². The summed E-state index contributed by atoms with van der Waals surface area (Å²) >= 11 is 7.12. The molecule has 2 aromatic carbocycles. The van der Waals surface area contributed by atoms with Crippen LogP contribution in [0.25, 0.3) is 22.4 Å². The van der Waals surface area contributed by atoms with Gasteiger partial charge in [-0.1, -0.05) is 41.9 Å². The normalized spacial score (nSPS) is 17.7. The van der Waals surface area contributed by atoms with Crippen LogP contribution in [-0.2, 0) is 16.0 Å². The highest BCUT2D eigenvalue weighted by Crippen LogP contribution is 2.43. The number of nitrogens with one attached hydrogen (secondary N) is 2. The van der Waals surface area contributed by atoms with Gasteiger partial charge in [-0.05, 0) is 61.4 Å². The Morgan fingerprint density at radius 2 is 1.78 bits per heavy atom. The van der Waals surface area contributed by atoms with E-state index in [-0.39, 0.29) is 30.4 Å². The van der Waals surface area contributed by atoms with Crippen molar-refractivity contribution in [1.82, 2.24) is 25.0 Å². The predicted octanol–water partition coefficient (Wildman–Crippen LogP) is 5.40. The molecule has 4 amide bonds. The van der Waals surface area contributed by atoms with Gasteiger partial charge in [0, 0.05) is 61.8 Å². The number of carbonyl (C=O) groups is 3. The third kappa shape index (κ3) is 6.07. The van der Waals surface area contributed by atoms with E-state index in [1.165, 1.54) is 9.80 Å². The van der Waals surface area contributed by atoms with Crippen molar-refractivity contribution in [1.29, 1.82) is 0 Å². The van der Waals surface area contributed by atoms with Crippen molar-refractivity contribution in [3.8, 4) is 28.3 Å². The summed E-state index contributed by atoms with van der Waals surface area (Å²) in [7, 11) is 4.92. The maximum Gasteiger partial charge on any atom is 0.323 e. The van der Waals surface area contributed by atoms with Crippen molar-refractivity contribution in [3.05, 3.63) is 76.0 Å². The lowest BCUT2D eigenvalue weighted by atomic mass is 9.96. The molecule has 0 bridgehead atoms. The number of aryl methyl sites for hydroxylation is 1. The van der Waals surface area contributed by atoms with Gasteiger partial charge >= 0.3 is 6.03 Å². The molecule has 3 heterocycles. The van der Waals surface area contributed by atoms with E-state index in [1.807, 2.05) is 48.2 Å². The molecule has 1 atom stereocenters. The molecule has 10 nitrogen and oxygen atoms in total. The van der Waals surface area contributed by atoms with E-state index >= 15 is 0 Å². The zero-order valence-corrected chi connectivity index (χ0v) is 27.4. The molecule has 2 N–H and O–H groups in total. The highest BCUT2D eigenvalue weighted by molar-refractivity contribution is 6.36. The first-order chi connectivity index (χ1) is 22.2. The number of aromatic nitrogens is 1. The second-order valence-electron chi connectivity index (χ2n) is 12.2. The van der Waals surface area contributed by atoms with Crippen molar-refractivity contribution >= 4 is 35.1 Å². The average molecular weight is 643 g/mol. The molecule has 1 unspecified atom stereocenters. The highest BCUT2D eigenvalue weighted by Gasteiger charge is 2.30. The number of hydrogen-bond acceptors (Lipinski definition) is 6. The van der Waals surface area contributed by atoms with Crippen molar-refractivity contribution in [2.45, 2.75) is 38.6 Å². The van der Waals surface area contributed by atoms with Crippen LogP contribution in [0.4, 0.5) is 10.5 Å². The van der Waals surface area contributed by atoms with Crippen molar-refractivity contribution < 1.29 is 19.1 Å². The number of hydrogen-bond donors (Lipinski definition) is 2. The lowest BCUT2D eigenvalue weighted by molar-refractivity contribution is -0.129. The molecule has 2 aliphatic heterocycles. The number of pyridine rings is 1. The van der Waals surface area contributed by atoms with Gasteiger partial charge in [0.25, 0.3) is 5.91 Å². The number of likely N-dealkylation sites (tertiary alicyclic amines) is 1. The number of rotatable bonds is 8. The van der Waals surface area contributed by atoms with Gasteiger partial charge in [-0.3, -0.25) is 9.59 Å². The maximum absolute atomic E-state index is 13.2. The number of halogens is 1. The van der Waals surface area contributed by atoms with Gasteiger partial charge < -0.3 is 30.1 Å². The smallest absolute Gasteiger partial charge is 0.323 e. The maximum atomic E-state index is 13.2. The first-order valence-corrected chi connectivity index (χ1v) is 16.0. The van der Waals surface area contributed by atoms with Gasteiger partial charge in [-0.15, -0.1) is 0 Å². The first kappa shape index (κ1) is 31.6. The van der Waals surface area contributed by atoms with E-state index in [0.717, 1.165) is 72.2 Å². The van der Waals surface area contributed by atoms with Gasteiger partial charge in [0.05, 0.1) is 36.5 Å². The molecule has 240 valence electrons. The molecular formula is C35H39ClN6O4. The van der Waals surface area contributed by atoms with E-state index in [0.29, 0.717) is 34.4 Å². The zero-order chi connectivity index (χ0) is 32.5. The Morgan fingerprint density at radius 3 is 2.52 bits per heavy atom. The van der Waals surface area contributed by atoms with Crippen molar-refractivity contribution in [2.75, 3.05) is 52.7 Å². The molecular weight excluding hydrogens is 604 g/mol. The van der Waals surface area contributed by atoms with Crippen LogP contribution in [0, 0.1) is 6.92 Å². The summed E-state index contributed by atoms with van der Waals surface area (Å²) in [5.41, 5.74) is 7.33. The van der Waals surface area contributed by atoms with Gasteiger partial charge in [0.2, 0.25) is 11.8 Å². The van der Waals surface area contributed by atoms with Crippen LogP contribution in [0.1, 0.15) is 42.0 Å². The van der Waals surface area contributed by atoms with Crippen molar-refractivity contribution in [3.63, 3.8) is 0 Å². The number of nitrogens with zero attached hydrogens (tertiary/aromatic N) is 4. The molecule has 46 heavy (non-hydrogen) atoms. The number of methoxy groups -OCH3 is 1. The summed E-state index contributed by atoms with van der Waals surface area (Å²) < 4.78 is 5.79. The molecule has 0 radical (unpaired) electrons. The standard InChI is InChI=1S/C35H39ClN6O4/c1-21-24(9-8-12-27(21)38-33(44)23-19-40(2)35(45)41(3)20-23)25-10-7-11-26(32(25)36)29-17-22-13-14-28(31(22)34(39-29)46-4)37-18-30(43)42-15-5-6-16-42/h7-12,17,19,28,37H,5-6,13-16,18,20H2,1-4H3,(H,38,44). The fraction of sp³-hybridized carbons (Fsp3) is 0.371. The highest BCUT2D eigenvalue weighted by atomic mass is 35.5. The summed E-state index contributed by atoms with van der Waals surface area (Å²) in [6.07, 6.45) is 5.41. The second-order valence-corrected chi connectivity index (χ2v) is 12.5. The molecule has 1 aromatic heterocycles. The fourth-order valence-electron chi connectivity index (χ4n) is 6.65. The number of benzene rings is 2. The number of amides is 4. The zero-order valence-electron chi connectivity index (χ0n) is 26.7. The summed E-state index contributed by atoms with van der Waals surface area (Å²) in [4.78, 5) is 47.7. The Hall–Kier alpha value is -4.41. The third-order valence-corrected chi connectivity index (χ3v) is 9.54. The lowest BCUT2D eigenvalue weighted by Gasteiger charge is -2.29. The molecule has 3 aromatic rings. The second kappa shape index (κ2) is 13.1. The van der Waals surface area contributed by atoms with Gasteiger partial charge in [-0.25, -0.2) is 9.78 Å². The minimum absolute atomic E-state index is 0.00822. The summed E-state index contributed by atoms with van der Waals surface area (Å²) in [5, 5.41) is 7.02. The molecule has 0 saturated carbocycles. The molecule has 1 saturated heterocycles. The average Bonchev–Trinajstić information content (AvgIpc) is 3.74. The van der Waals surface area contributed by atoms with E-state index in [1.54, 1.807) is 27.4 Å². The number of fused-ring (bicyclic) bond motifs is 1. The number of anilines is 1. The number of carbonyl (C=O) groups excluding carboxylic acids is 3. The monoisotopic (exact) mass is 642 g/mol. The molecule has 0 spiro atoms. The molecule has 6 rings (SSSR count). The van der Waals surface area contributed by atoms with Gasteiger partial charge in [0.1, 0.15) is 0 Å². The fourth-order valence-corrected chi connectivity index (χ4v) is 6.97. The quantitative estimate of drug-likeness (QED) is 0.341. The Labute approximate surface area is 274 Å². The van der Waals surface area contributed by atoms with Crippen molar-refractivity contribution in [2.24, 2.45) is 0 Å². The largest absolute Gasteiger partial charge is 0.481 e. The minimum atomic E-state index is -0.270. The predicted molar refractivity (Wildman–Crippen MR) is 179 cm³/mol. The number of urea groups is 1. The Bertz CT molecular complexity index is 1730. The van der Waals surface area contributed by atoms with Crippen LogP contribution in [0.15, 0.2) is 54.2 Å². The third-order valence-electron chi connectivity index (χ3n) is 9.14. The van der Waals surface area contributed by atoms with Crippen LogP contribution < -0.4 is 15.4 Å². The summed E-state index contributed by atoms with van der Waals surface area (Å²) in [6, 6.07) is 13.5. The van der Waals surface area contributed by atoms with Crippen LogP contribution >= 0.6 is 11.6 Å². The van der Waals surface area contributed by atoms with Gasteiger partial charge in [-0.2, -0.15) is 0 Å². The Morgan fingerprint density at radius 1 is 1.07 bits per heavy atom. The minimum Gasteiger partial charge on any atom is -0.481 e. The first-order valence-electron chi connectivity index (χ1n) is 15.6. The van der Waals surface area contributed by atoms with Crippen LogP contribution in [0.5, 0.6) is 5.88 Å². The summed E-state index contributed by atoms with van der Waals surface area (Å²) in [6.45, 7) is 4.15. The Balaban J connectivity index is 1.25. The summed E-state index contributed by atoms with van der Waals surface area (Å²) in [5.74, 6) is 0.405. The Kier molecular flexibility index (Phi) is 9.02. The molecule has 1 aliphatic carbocycles. The van der Waals surface area contributed by atoms with E-state index < -0.39 is 0 Å². The van der Waals surface area contributed by atoms with E-state index in [2.05, 4.69) is 16.7 Å². The lowest BCUT2D eigenvalue weighted by Crippen LogP contribution is -2.43. The van der Waals surface area contributed by atoms with Crippen LogP contribution in [0.3, 0.4) is 0 Å². The van der Waals surface area contributed by atoms with E-state index in [4.69, 9.17) is 21.3 Å². The SMILES string of the molecule is COc1nc(-c2cccc(-c3cccc(NC(=O)C4=CN(C)C(=O)N(C)C4)c3C)c2Cl)cc2c1C(NCC(=O)N1CCCC1)CC2.